The van der Waals surface area contributed by atoms with Gasteiger partial charge in [-0.05, 0) is 31.2 Å². The summed E-state index contributed by atoms with van der Waals surface area (Å²) >= 11 is 0. The SMILES string of the molecule is C[C@@H](CN)NC(=O)c1ccc(N2CCNC2=O)cc1.Cl. The van der Waals surface area contributed by atoms with Crippen LogP contribution in [0.5, 0.6) is 0 Å². The molecule has 6 nitrogen and oxygen atoms in total. The monoisotopic (exact) mass is 298 g/mol. The third kappa shape index (κ3) is 3.61. The smallest absolute Gasteiger partial charge is 0.321 e. The number of benzene rings is 1. The number of carbonyl (C=O) groups is 2. The first-order valence-electron chi connectivity index (χ1n) is 6.28. The summed E-state index contributed by atoms with van der Waals surface area (Å²) in [6.07, 6.45) is 0. The van der Waals surface area contributed by atoms with Gasteiger partial charge in [0.15, 0.2) is 0 Å². The molecular formula is C13H19ClN4O2. The number of rotatable bonds is 4. The molecule has 3 amide bonds. The predicted molar refractivity (Wildman–Crippen MR) is 80.4 cm³/mol. The van der Waals surface area contributed by atoms with E-state index in [4.69, 9.17) is 5.73 Å². The van der Waals surface area contributed by atoms with Gasteiger partial charge in [0.2, 0.25) is 0 Å². The molecule has 0 aromatic heterocycles. The number of halogens is 1. The fourth-order valence-electron chi connectivity index (χ4n) is 1.88. The van der Waals surface area contributed by atoms with Gasteiger partial charge < -0.3 is 16.4 Å². The van der Waals surface area contributed by atoms with E-state index in [1.807, 2.05) is 6.92 Å². The van der Waals surface area contributed by atoms with E-state index < -0.39 is 0 Å². The van der Waals surface area contributed by atoms with Gasteiger partial charge in [-0.2, -0.15) is 0 Å². The van der Waals surface area contributed by atoms with Crippen LogP contribution in [0.25, 0.3) is 0 Å². The van der Waals surface area contributed by atoms with Crippen molar-refractivity contribution in [2.24, 2.45) is 5.73 Å². The first-order valence-corrected chi connectivity index (χ1v) is 6.28. The molecule has 0 saturated carbocycles. The fourth-order valence-corrected chi connectivity index (χ4v) is 1.88. The molecule has 7 heteroatoms. The number of anilines is 1. The molecule has 0 bridgehead atoms. The fraction of sp³-hybridized carbons (Fsp3) is 0.385. The van der Waals surface area contributed by atoms with Crippen LogP contribution in [0.3, 0.4) is 0 Å². The Bertz CT molecular complexity index is 478. The molecular weight excluding hydrogens is 280 g/mol. The zero-order chi connectivity index (χ0) is 13.8. The van der Waals surface area contributed by atoms with Crippen LogP contribution < -0.4 is 21.3 Å². The zero-order valence-electron chi connectivity index (χ0n) is 11.3. The van der Waals surface area contributed by atoms with E-state index in [0.717, 1.165) is 5.69 Å². The number of urea groups is 1. The van der Waals surface area contributed by atoms with Crippen LogP contribution >= 0.6 is 12.4 Å². The zero-order valence-corrected chi connectivity index (χ0v) is 12.1. The van der Waals surface area contributed by atoms with E-state index in [9.17, 15) is 9.59 Å². The maximum absolute atomic E-state index is 11.9. The van der Waals surface area contributed by atoms with Gasteiger partial charge in [0.25, 0.3) is 5.91 Å². The van der Waals surface area contributed by atoms with E-state index in [0.29, 0.717) is 25.2 Å². The molecule has 1 aromatic rings. The molecule has 1 aliphatic heterocycles. The van der Waals surface area contributed by atoms with Gasteiger partial charge in [0.05, 0.1) is 0 Å². The Morgan fingerprint density at radius 2 is 2.10 bits per heavy atom. The molecule has 0 aliphatic carbocycles. The summed E-state index contributed by atoms with van der Waals surface area (Å²) in [5, 5.41) is 5.52. The molecule has 4 N–H and O–H groups in total. The summed E-state index contributed by atoms with van der Waals surface area (Å²) in [4.78, 5) is 25.0. The van der Waals surface area contributed by atoms with E-state index in [1.165, 1.54) is 0 Å². The molecule has 1 aliphatic rings. The highest BCUT2D eigenvalue weighted by atomic mass is 35.5. The van der Waals surface area contributed by atoms with Crippen molar-refractivity contribution in [3.63, 3.8) is 0 Å². The van der Waals surface area contributed by atoms with Crippen LogP contribution in [0.15, 0.2) is 24.3 Å². The molecule has 1 aromatic carbocycles. The Balaban J connectivity index is 0.00000200. The van der Waals surface area contributed by atoms with E-state index in [-0.39, 0.29) is 30.4 Å². The standard InChI is InChI=1S/C13H18N4O2.ClH/c1-9(8-14)16-12(18)10-2-4-11(5-3-10)17-7-6-15-13(17)19;/h2-5,9H,6-8,14H2,1H3,(H,15,19)(H,16,18);1H/t9-;/m0./s1. The highest BCUT2D eigenvalue weighted by Gasteiger charge is 2.21. The van der Waals surface area contributed by atoms with Crippen LogP contribution in [0, 0.1) is 0 Å². The largest absolute Gasteiger partial charge is 0.348 e. The lowest BCUT2D eigenvalue weighted by Crippen LogP contribution is -2.37. The Kier molecular flexibility index (Phi) is 5.79. The van der Waals surface area contributed by atoms with Gasteiger partial charge in [-0.1, -0.05) is 0 Å². The molecule has 110 valence electrons. The number of nitrogens with zero attached hydrogens (tertiary/aromatic N) is 1. The van der Waals surface area contributed by atoms with Crippen LogP contribution in [-0.2, 0) is 0 Å². The van der Waals surface area contributed by atoms with Crippen molar-refractivity contribution in [1.29, 1.82) is 0 Å². The quantitative estimate of drug-likeness (QED) is 0.765. The Hall–Kier alpha value is -1.79. The second-order valence-corrected chi connectivity index (χ2v) is 4.54. The molecule has 1 atom stereocenters. The Morgan fingerprint density at radius 1 is 1.45 bits per heavy atom. The summed E-state index contributed by atoms with van der Waals surface area (Å²) < 4.78 is 0. The molecule has 20 heavy (non-hydrogen) atoms. The highest BCUT2D eigenvalue weighted by Crippen LogP contribution is 2.17. The molecule has 2 rings (SSSR count). The van der Waals surface area contributed by atoms with Gasteiger partial charge in [-0.15, -0.1) is 12.4 Å². The first kappa shape index (κ1) is 16.3. The number of nitrogens with two attached hydrogens (primary N) is 1. The van der Waals surface area contributed by atoms with Crippen LogP contribution in [0.2, 0.25) is 0 Å². The molecule has 0 unspecified atom stereocenters. The van der Waals surface area contributed by atoms with Gasteiger partial charge in [-0.3, -0.25) is 9.69 Å². The van der Waals surface area contributed by atoms with Crippen molar-refractivity contribution in [1.82, 2.24) is 10.6 Å². The summed E-state index contributed by atoms with van der Waals surface area (Å²) in [7, 11) is 0. The molecule has 0 spiro atoms. The average Bonchev–Trinajstić information content (AvgIpc) is 2.85. The maximum Gasteiger partial charge on any atom is 0.321 e. The minimum absolute atomic E-state index is 0. The number of carbonyl (C=O) groups excluding carboxylic acids is 2. The van der Waals surface area contributed by atoms with Gasteiger partial charge in [0.1, 0.15) is 0 Å². The van der Waals surface area contributed by atoms with Gasteiger partial charge in [0, 0.05) is 36.9 Å². The van der Waals surface area contributed by atoms with Gasteiger partial charge >= 0.3 is 6.03 Å². The second kappa shape index (κ2) is 7.12. The lowest BCUT2D eigenvalue weighted by atomic mass is 10.1. The van der Waals surface area contributed by atoms with Crippen LogP contribution in [-0.4, -0.2) is 37.6 Å². The molecule has 1 fully saturated rings. The lowest BCUT2D eigenvalue weighted by Gasteiger charge is -2.15. The van der Waals surface area contributed by atoms with E-state index in [1.54, 1.807) is 29.2 Å². The number of hydrogen-bond acceptors (Lipinski definition) is 3. The third-order valence-corrected chi connectivity index (χ3v) is 3.03. The van der Waals surface area contributed by atoms with Crippen LogP contribution in [0.4, 0.5) is 10.5 Å². The first-order chi connectivity index (χ1) is 9.11. The number of amides is 3. The maximum atomic E-state index is 11.9. The van der Waals surface area contributed by atoms with Crippen molar-refractivity contribution >= 4 is 30.0 Å². The summed E-state index contributed by atoms with van der Waals surface area (Å²) in [6, 6.07) is 6.80. The van der Waals surface area contributed by atoms with Gasteiger partial charge in [-0.25, -0.2) is 4.79 Å². The summed E-state index contributed by atoms with van der Waals surface area (Å²) in [6.45, 7) is 3.54. The normalized spacial score (nSPS) is 15.3. The topological polar surface area (TPSA) is 87.5 Å². The van der Waals surface area contributed by atoms with Crippen molar-refractivity contribution in [3.8, 4) is 0 Å². The van der Waals surface area contributed by atoms with E-state index in [2.05, 4.69) is 10.6 Å². The van der Waals surface area contributed by atoms with Crippen LogP contribution in [0.1, 0.15) is 17.3 Å². The molecule has 1 saturated heterocycles. The molecule has 1 heterocycles. The Morgan fingerprint density at radius 3 is 2.60 bits per heavy atom. The summed E-state index contributed by atoms with van der Waals surface area (Å²) in [5.74, 6) is -0.157. The predicted octanol–water partition coefficient (Wildman–Crippen LogP) is 0.715. The molecule has 0 radical (unpaired) electrons. The van der Waals surface area contributed by atoms with Crippen molar-refractivity contribution < 1.29 is 9.59 Å². The minimum Gasteiger partial charge on any atom is -0.348 e. The third-order valence-electron chi connectivity index (χ3n) is 3.03. The average molecular weight is 299 g/mol. The van der Waals surface area contributed by atoms with Crippen molar-refractivity contribution in [2.75, 3.05) is 24.5 Å². The minimum atomic E-state index is -0.157. The Labute approximate surface area is 124 Å². The van der Waals surface area contributed by atoms with E-state index >= 15 is 0 Å². The van der Waals surface area contributed by atoms with Crippen molar-refractivity contribution in [2.45, 2.75) is 13.0 Å². The lowest BCUT2D eigenvalue weighted by molar-refractivity contribution is 0.0941. The van der Waals surface area contributed by atoms with Crippen molar-refractivity contribution in [3.05, 3.63) is 29.8 Å². The number of nitrogens with one attached hydrogen (secondary N) is 2. The summed E-state index contributed by atoms with van der Waals surface area (Å²) in [5.41, 5.74) is 6.80. The highest BCUT2D eigenvalue weighted by molar-refractivity contribution is 5.97. The second-order valence-electron chi connectivity index (χ2n) is 4.54. The number of hydrogen-bond donors (Lipinski definition) is 3.